The first kappa shape index (κ1) is 17.7. The number of hydrogen-bond acceptors (Lipinski definition) is 4. The molecule has 7 heteroatoms. The summed E-state index contributed by atoms with van der Waals surface area (Å²) in [4.78, 5) is 0.236. The zero-order valence-corrected chi connectivity index (χ0v) is 15.2. The van der Waals surface area contributed by atoms with Crippen LogP contribution in [0.3, 0.4) is 0 Å². The van der Waals surface area contributed by atoms with Crippen LogP contribution in [-0.2, 0) is 9.84 Å². The molecule has 0 amide bonds. The highest BCUT2D eigenvalue weighted by atomic mass is 35.5. The number of nitrogens with two attached hydrogens (primary N) is 2. The molecule has 1 fully saturated rings. The molecule has 0 radical (unpaired) electrons. The zero-order valence-electron chi connectivity index (χ0n) is 12.8. The summed E-state index contributed by atoms with van der Waals surface area (Å²) in [5, 5.41) is 0.438. The fraction of sp³-hybridized carbons (Fsp3) is 0.294. The number of rotatable bonds is 5. The summed E-state index contributed by atoms with van der Waals surface area (Å²) in [6, 6.07) is 13.4. The van der Waals surface area contributed by atoms with Crippen LogP contribution in [-0.4, -0.2) is 26.8 Å². The van der Waals surface area contributed by atoms with Gasteiger partial charge in [0, 0.05) is 34.5 Å². The van der Waals surface area contributed by atoms with Crippen LogP contribution in [0, 0.1) is 5.41 Å². The van der Waals surface area contributed by atoms with Gasteiger partial charge in [0.1, 0.15) is 0 Å². The van der Waals surface area contributed by atoms with E-state index in [4.69, 9.17) is 34.7 Å². The van der Waals surface area contributed by atoms with E-state index in [2.05, 4.69) is 0 Å². The van der Waals surface area contributed by atoms with Crippen molar-refractivity contribution >= 4 is 33.0 Å². The van der Waals surface area contributed by atoms with Crippen LogP contribution in [0.2, 0.25) is 10.0 Å². The van der Waals surface area contributed by atoms with Crippen LogP contribution in [0.4, 0.5) is 0 Å². The third-order valence-corrected chi connectivity index (χ3v) is 7.69. The minimum atomic E-state index is -3.57. The summed E-state index contributed by atoms with van der Waals surface area (Å²) in [6.07, 6.45) is 0. The summed E-state index contributed by atoms with van der Waals surface area (Å²) >= 11 is 11.8. The Kier molecular flexibility index (Phi) is 4.66. The molecule has 3 rings (SSSR count). The first-order valence-electron chi connectivity index (χ1n) is 7.52. The standard InChI is InChI=1S/C17H18Cl2N2O2S/c18-12-3-1-11(2-4-12)15-16(17(15,9-20)10-21)24(22,23)14-7-5-13(19)6-8-14/h1-8,15-16H,9-10,20-21H2/t15-,16+/m1/s1. The fourth-order valence-corrected chi connectivity index (χ4v) is 6.18. The third-order valence-electron chi connectivity index (χ3n) is 4.85. The second-order valence-corrected chi connectivity index (χ2v) is 9.03. The monoisotopic (exact) mass is 384 g/mol. The highest BCUT2D eigenvalue weighted by Gasteiger charge is 2.69. The van der Waals surface area contributed by atoms with Crippen molar-refractivity contribution in [3.8, 4) is 0 Å². The number of benzene rings is 2. The maximum atomic E-state index is 13.1. The summed E-state index contributed by atoms with van der Waals surface area (Å²) in [7, 11) is -3.57. The van der Waals surface area contributed by atoms with Crippen molar-refractivity contribution in [2.24, 2.45) is 16.9 Å². The van der Waals surface area contributed by atoms with Crippen molar-refractivity contribution < 1.29 is 8.42 Å². The lowest BCUT2D eigenvalue weighted by molar-refractivity contribution is 0.510. The molecule has 1 aliphatic carbocycles. The van der Waals surface area contributed by atoms with Gasteiger partial charge in [-0.3, -0.25) is 0 Å². The van der Waals surface area contributed by atoms with Gasteiger partial charge in [0.15, 0.2) is 9.84 Å². The Balaban J connectivity index is 2.04. The average molecular weight is 385 g/mol. The van der Waals surface area contributed by atoms with E-state index >= 15 is 0 Å². The molecular formula is C17H18Cl2N2O2S. The van der Waals surface area contributed by atoms with Gasteiger partial charge in [0.2, 0.25) is 0 Å². The molecule has 0 aliphatic heterocycles. The third kappa shape index (κ3) is 2.74. The average Bonchev–Trinajstić information content (AvgIpc) is 3.26. The minimum Gasteiger partial charge on any atom is -0.330 e. The molecule has 4 N–H and O–H groups in total. The van der Waals surface area contributed by atoms with Gasteiger partial charge in [0.05, 0.1) is 10.1 Å². The molecule has 1 saturated carbocycles. The number of sulfone groups is 1. The molecule has 2 aromatic rings. The smallest absolute Gasteiger partial charge is 0.182 e. The molecule has 0 unspecified atom stereocenters. The van der Waals surface area contributed by atoms with Crippen molar-refractivity contribution in [2.75, 3.05) is 13.1 Å². The van der Waals surface area contributed by atoms with Gasteiger partial charge in [-0.05, 0) is 42.0 Å². The second-order valence-electron chi connectivity index (χ2n) is 6.09. The van der Waals surface area contributed by atoms with Gasteiger partial charge in [-0.2, -0.15) is 0 Å². The summed E-state index contributed by atoms with van der Waals surface area (Å²) < 4.78 is 26.2. The Morgan fingerprint density at radius 1 is 0.875 bits per heavy atom. The SMILES string of the molecule is NCC1(CN)[C@H](c2ccc(Cl)cc2)[C@@H]1S(=O)(=O)c1ccc(Cl)cc1. The quantitative estimate of drug-likeness (QED) is 0.829. The first-order valence-corrected chi connectivity index (χ1v) is 9.82. The fourth-order valence-electron chi connectivity index (χ4n) is 3.46. The molecule has 0 aromatic heterocycles. The van der Waals surface area contributed by atoms with Gasteiger partial charge < -0.3 is 11.5 Å². The van der Waals surface area contributed by atoms with Crippen LogP contribution >= 0.6 is 23.2 Å². The van der Waals surface area contributed by atoms with E-state index in [0.717, 1.165) is 5.56 Å². The summed E-state index contributed by atoms with van der Waals surface area (Å²) in [6.45, 7) is 0.405. The molecule has 4 nitrogen and oxygen atoms in total. The Hall–Kier alpha value is -1.11. The van der Waals surface area contributed by atoms with E-state index in [1.165, 1.54) is 12.1 Å². The van der Waals surface area contributed by atoms with Crippen molar-refractivity contribution in [1.82, 2.24) is 0 Å². The van der Waals surface area contributed by atoms with E-state index in [0.29, 0.717) is 10.0 Å². The lowest BCUT2D eigenvalue weighted by Crippen LogP contribution is -2.31. The van der Waals surface area contributed by atoms with Gasteiger partial charge in [-0.15, -0.1) is 0 Å². The van der Waals surface area contributed by atoms with Gasteiger partial charge in [0.25, 0.3) is 0 Å². The molecule has 2 aromatic carbocycles. The topological polar surface area (TPSA) is 86.2 Å². The second kappa shape index (κ2) is 6.32. The maximum Gasteiger partial charge on any atom is 0.182 e. The van der Waals surface area contributed by atoms with Gasteiger partial charge >= 0.3 is 0 Å². The maximum absolute atomic E-state index is 13.1. The van der Waals surface area contributed by atoms with Crippen molar-refractivity contribution in [1.29, 1.82) is 0 Å². The highest BCUT2D eigenvalue weighted by Crippen LogP contribution is 2.63. The highest BCUT2D eigenvalue weighted by molar-refractivity contribution is 7.92. The first-order chi connectivity index (χ1) is 11.4. The van der Waals surface area contributed by atoms with Gasteiger partial charge in [-0.1, -0.05) is 35.3 Å². The Bertz CT molecular complexity index is 832. The molecule has 0 heterocycles. The lowest BCUT2D eigenvalue weighted by Gasteiger charge is -2.13. The van der Waals surface area contributed by atoms with Crippen LogP contribution < -0.4 is 11.5 Å². The molecule has 1 aliphatic rings. The van der Waals surface area contributed by atoms with Crippen LogP contribution in [0.25, 0.3) is 0 Å². The molecule has 24 heavy (non-hydrogen) atoms. The minimum absolute atomic E-state index is 0.203. The molecule has 0 bridgehead atoms. The normalized spacial score (nSPS) is 22.3. The van der Waals surface area contributed by atoms with Crippen LogP contribution in [0.1, 0.15) is 11.5 Å². The van der Waals surface area contributed by atoms with E-state index in [9.17, 15) is 8.42 Å². The van der Waals surface area contributed by atoms with Crippen molar-refractivity contribution in [3.63, 3.8) is 0 Å². The molecule has 128 valence electrons. The number of halogens is 2. The molecule has 0 saturated heterocycles. The molecular weight excluding hydrogens is 367 g/mol. The summed E-state index contributed by atoms with van der Waals surface area (Å²) in [5.74, 6) is -0.245. The number of hydrogen-bond donors (Lipinski definition) is 2. The summed E-state index contributed by atoms with van der Waals surface area (Å²) in [5.41, 5.74) is 12.1. The Morgan fingerprint density at radius 2 is 1.33 bits per heavy atom. The van der Waals surface area contributed by atoms with Crippen molar-refractivity contribution in [2.45, 2.75) is 16.1 Å². The molecule has 0 spiro atoms. The van der Waals surface area contributed by atoms with E-state index in [1.807, 2.05) is 12.1 Å². The zero-order chi connectivity index (χ0) is 17.5. The van der Waals surface area contributed by atoms with E-state index < -0.39 is 20.5 Å². The lowest BCUT2D eigenvalue weighted by atomic mass is 9.99. The van der Waals surface area contributed by atoms with Crippen LogP contribution in [0.5, 0.6) is 0 Å². The van der Waals surface area contributed by atoms with E-state index in [-0.39, 0.29) is 23.9 Å². The van der Waals surface area contributed by atoms with Crippen molar-refractivity contribution in [3.05, 3.63) is 64.1 Å². The largest absolute Gasteiger partial charge is 0.330 e. The predicted octanol–water partition coefficient (Wildman–Crippen LogP) is 2.84. The molecule has 2 atom stereocenters. The Morgan fingerprint density at radius 3 is 1.79 bits per heavy atom. The predicted molar refractivity (Wildman–Crippen MR) is 97.2 cm³/mol. The van der Waals surface area contributed by atoms with E-state index in [1.54, 1.807) is 24.3 Å². The van der Waals surface area contributed by atoms with Gasteiger partial charge in [-0.25, -0.2) is 8.42 Å². The Labute approximate surface area is 151 Å². The van der Waals surface area contributed by atoms with Crippen LogP contribution in [0.15, 0.2) is 53.4 Å².